The number of amides is 3. The third-order valence-corrected chi connectivity index (χ3v) is 1.10. The van der Waals surface area contributed by atoms with Gasteiger partial charge in [-0.25, -0.2) is 4.79 Å². The van der Waals surface area contributed by atoms with E-state index < -0.39 is 6.03 Å². The highest BCUT2D eigenvalue weighted by molar-refractivity contribution is 5.99. The standard InChI is InChI=1S/C5H7N3O2/c9-3-7-4-1-2-6-5(10)8-4/h3H,1-2H2,(H2,6,7,8,9,10). The molecule has 0 aromatic heterocycles. The summed E-state index contributed by atoms with van der Waals surface area (Å²) in [7, 11) is 0. The van der Waals surface area contributed by atoms with E-state index in [1.165, 1.54) is 0 Å². The average Bonchev–Trinajstić information content (AvgIpc) is 1.88. The molecular weight excluding hydrogens is 134 g/mol. The highest BCUT2D eigenvalue weighted by Gasteiger charge is 2.08. The molecule has 3 amide bonds. The van der Waals surface area contributed by atoms with Crippen molar-refractivity contribution in [3.05, 3.63) is 0 Å². The number of rotatable bonds is 1. The minimum absolute atomic E-state index is 0.393. The number of hydrogen-bond donors (Lipinski definition) is 2. The lowest BCUT2D eigenvalue weighted by molar-refractivity contribution is -0.108. The Morgan fingerprint density at radius 3 is 3.10 bits per heavy atom. The molecular formula is C5H7N3O2. The number of nitrogens with zero attached hydrogens (tertiary/aromatic N) is 1. The molecule has 1 heterocycles. The molecule has 54 valence electrons. The Morgan fingerprint density at radius 2 is 2.50 bits per heavy atom. The van der Waals surface area contributed by atoms with Crippen LogP contribution < -0.4 is 10.6 Å². The van der Waals surface area contributed by atoms with E-state index in [4.69, 9.17) is 0 Å². The van der Waals surface area contributed by atoms with E-state index in [9.17, 15) is 9.59 Å². The molecule has 0 spiro atoms. The minimum atomic E-state index is -0.393. The van der Waals surface area contributed by atoms with Crippen molar-refractivity contribution in [2.45, 2.75) is 6.42 Å². The smallest absolute Gasteiger partial charge is 0.336 e. The Labute approximate surface area is 57.5 Å². The van der Waals surface area contributed by atoms with E-state index in [1.54, 1.807) is 0 Å². The number of amidine groups is 1. The van der Waals surface area contributed by atoms with Gasteiger partial charge in [-0.3, -0.25) is 4.79 Å². The number of carbonyl (C=O) groups excluding carboxylic acids is 2. The average molecular weight is 141 g/mol. The molecule has 0 fully saturated rings. The fraction of sp³-hybridized carbons (Fsp3) is 0.400. The first-order valence-corrected chi connectivity index (χ1v) is 2.88. The van der Waals surface area contributed by atoms with Crippen molar-refractivity contribution in [1.82, 2.24) is 10.6 Å². The van der Waals surface area contributed by atoms with Gasteiger partial charge in [0.05, 0.1) is 0 Å². The van der Waals surface area contributed by atoms with Gasteiger partial charge in [-0.05, 0) is 0 Å². The van der Waals surface area contributed by atoms with Crippen LogP contribution in [0.15, 0.2) is 4.99 Å². The van der Waals surface area contributed by atoms with Crippen LogP contribution in [0.25, 0.3) is 0 Å². The van der Waals surface area contributed by atoms with Crippen molar-refractivity contribution < 1.29 is 9.59 Å². The van der Waals surface area contributed by atoms with Crippen LogP contribution in [0.4, 0.5) is 4.79 Å². The van der Waals surface area contributed by atoms with Crippen LogP contribution in [0.3, 0.4) is 0 Å². The van der Waals surface area contributed by atoms with Gasteiger partial charge in [-0.2, -0.15) is 4.99 Å². The SMILES string of the molecule is O=CNC1=NC(=O)NCC1. The summed E-state index contributed by atoms with van der Waals surface area (Å²) in [6.45, 7) is 0.540. The van der Waals surface area contributed by atoms with Gasteiger partial charge in [0.15, 0.2) is 0 Å². The molecule has 0 aliphatic carbocycles. The summed E-state index contributed by atoms with van der Waals surface area (Å²) >= 11 is 0. The van der Waals surface area contributed by atoms with Crippen LogP contribution in [-0.2, 0) is 4.79 Å². The van der Waals surface area contributed by atoms with Gasteiger partial charge in [-0.15, -0.1) is 0 Å². The second kappa shape index (κ2) is 2.95. The lowest BCUT2D eigenvalue weighted by atomic mass is 10.3. The van der Waals surface area contributed by atoms with Crippen LogP contribution in [0.5, 0.6) is 0 Å². The van der Waals surface area contributed by atoms with E-state index in [1.807, 2.05) is 0 Å². The van der Waals surface area contributed by atoms with Gasteiger partial charge in [0.2, 0.25) is 6.41 Å². The first-order valence-electron chi connectivity index (χ1n) is 2.88. The van der Waals surface area contributed by atoms with Crippen molar-refractivity contribution in [1.29, 1.82) is 0 Å². The summed E-state index contributed by atoms with van der Waals surface area (Å²) in [5.41, 5.74) is 0. The van der Waals surface area contributed by atoms with Crippen molar-refractivity contribution >= 4 is 18.3 Å². The molecule has 0 unspecified atom stereocenters. The van der Waals surface area contributed by atoms with E-state index >= 15 is 0 Å². The van der Waals surface area contributed by atoms with Crippen molar-refractivity contribution in [2.24, 2.45) is 4.99 Å². The van der Waals surface area contributed by atoms with Crippen molar-refractivity contribution in [3.8, 4) is 0 Å². The zero-order valence-corrected chi connectivity index (χ0v) is 5.26. The fourth-order valence-corrected chi connectivity index (χ4v) is 0.678. The molecule has 0 bridgehead atoms. The molecule has 0 aromatic rings. The van der Waals surface area contributed by atoms with Crippen LogP contribution >= 0.6 is 0 Å². The fourth-order valence-electron chi connectivity index (χ4n) is 0.678. The Balaban J connectivity index is 2.56. The first-order chi connectivity index (χ1) is 4.83. The summed E-state index contributed by atoms with van der Waals surface area (Å²) in [5.74, 6) is 0.429. The zero-order chi connectivity index (χ0) is 7.40. The maximum atomic E-state index is 10.5. The lowest BCUT2D eigenvalue weighted by Crippen LogP contribution is -2.35. The van der Waals surface area contributed by atoms with Crippen molar-refractivity contribution in [2.75, 3.05) is 6.54 Å². The maximum Gasteiger partial charge on any atom is 0.342 e. The van der Waals surface area contributed by atoms with Gasteiger partial charge in [0.1, 0.15) is 5.84 Å². The molecule has 0 radical (unpaired) electrons. The van der Waals surface area contributed by atoms with Gasteiger partial charge in [0, 0.05) is 13.0 Å². The zero-order valence-electron chi connectivity index (χ0n) is 5.26. The van der Waals surface area contributed by atoms with E-state index in [0.717, 1.165) is 0 Å². The van der Waals surface area contributed by atoms with Crippen LogP contribution in [-0.4, -0.2) is 24.8 Å². The van der Waals surface area contributed by atoms with Crippen molar-refractivity contribution in [3.63, 3.8) is 0 Å². The second-order valence-electron chi connectivity index (χ2n) is 1.80. The number of urea groups is 1. The second-order valence-corrected chi connectivity index (χ2v) is 1.80. The number of carbonyl (C=O) groups is 2. The molecule has 0 saturated carbocycles. The molecule has 2 N–H and O–H groups in total. The largest absolute Gasteiger partial charge is 0.342 e. The van der Waals surface area contributed by atoms with Gasteiger partial charge >= 0.3 is 6.03 Å². The third kappa shape index (κ3) is 1.54. The number of nitrogens with one attached hydrogen (secondary N) is 2. The molecule has 10 heavy (non-hydrogen) atoms. The van der Waals surface area contributed by atoms with Crippen LogP contribution in [0, 0.1) is 0 Å². The Morgan fingerprint density at radius 1 is 1.70 bits per heavy atom. The minimum Gasteiger partial charge on any atom is -0.336 e. The topological polar surface area (TPSA) is 70.6 Å². The molecule has 0 atom stereocenters. The highest BCUT2D eigenvalue weighted by atomic mass is 16.2. The molecule has 1 aliphatic rings. The monoisotopic (exact) mass is 141 g/mol. The molecule has 0 aromatic carbocycles. The molecule has 1 aliphatic heterocycles. The van der Waals surface area contributed by atoms with Gasteiger partial charge in [0.25, 0.3) is 0 Å². The molecule has 5 heteroatoms. The summed E-state index contributed by atoms with van der Waals surface area (Å²) in [5, 5.41) is 4.81. The molecule has 0 saturated heterocycles. The van der Waals surface area contributed by atoms with E-state index in [2.05, 4.69) is 15.6 Å². The number of hydrogen-bond acceptors (Lipinski definition) is 2. The Kier molecular flexibility index (Phi) is 1.99. The maximum absolute atomic E-state index is 10.5. The first kappa shape index (κ1) is 6.73. The highest BCUT2D eigenvalue weighted by Crippen LogP contribution is 1.89. The van der Waals surface area contributed by atoms with Crippen LogP contribution in [0.2, 0.25) is 0 Å². The third-order valence-electron chi connectivity index (χ3n) is 1.10. The lowest BCUT2D eigenvalue weighted by Gasteiger charge is -2.09. The van der Waals surface area contributed by atoms with Crippen LogP contribution in [0.1, 0.15) is 6.42 Å². The summed E-state index contributed by atoms with van der Waals surface area (Å²) in [6, 6.07) is -0.393. The Hall–Kier alpha value is -1.39. The Bertz CT molecular complexity index is 187. The van der Waals surface area contributed by atoms with E-state index in [0.29, 0.717) is 25.2 Å². The summed E-state index contributed by atoms with van der Waals surface area (Å²) < 4.78 is 0. The summed E-state index contributed by atoms with van der Waals surface area (Å²) in [6.07, 6.45) is 1.10. The number of aliphatic imine (C=N–C) groups is 1. The molecule has 5 nitrogen and oxygen atoms in total. The predicted octanol–water partition coefficient (Wildman–Crippen LogP) is -0.756. The van der Waals surface area contributed by atoms with Gasteiger partial charge in [-0.1, -0.05) is 0 Å². The normalized spacial score (nSPS) is 17.2. The summed E-state index contributed by atoms with van der Waals surface area (Å²) in [4.78, 5) is 23.8. The van der Waals surface area contributed by atoms with E-state index in [-0.39, 0.29) is 0 Å². The predicted molar refractivity (Wildman–Crippen MR) is 34.7 cm³/mol. The van der Waals surface area contributed by atoms with Gasteiger partial charge < -0.3 is 10.6 Å². The quantitative estimate of drug-likeness (QED) is 0.471. The molecule has 1 rings (SSSR count).